The van der Waals surface area contributed by atoms with Crippen LogP contribution in [0, 0.1) is 3.57 Å². The summed E-state index contributed by atoms with van der Waals surface area (Å²) in [4.78, 5) is 0. The summed E-state index contributed by atoms with van der Waals surface area (Å²) in [6, 6.07) is 19.4. The lowest BCUT2D eigenvalue weighted by Gasteiger charge is -2.31. The van der Waals surface area contributed by atoms with Gasteiger partial charge in [-0.25, -0.2) is 0 Å². The van der Waals surface area contributed by atoms with Crippen molar-refractivity contribution in [1.29, 1.82) is 0 Å². The van der Waals surface area contributed by atoms with E-state index in [9.17, 15) is 0 Å². The average Bonchev–Trinajstić information content (AvgIpc) is 2.48. The monoisotopic (exact) mass is 384 g/mol. The fraction of sp³-hybridized carbons (Fsp3) is 0.294. The minimum atomic E-state index is 0.0373. The normalized spacial score (nSPS) is 14.1. The van der Waals surface area contributed by atoms with E-state index >= 15 is 0 Å². The maximum Gasteiger partial charge on any atom is 0.0323 e. The molecule has 0 bridgehead atoms. The molecule has 0 spiro atoms. The van der Waals surface area contributed by atoms with Gasteiger partial charge >= 0.3 is 0 Å². The summed E-state index contributed by atoms with van der Waals surface area (Å²) < 4.78 is 1.27. The van der Waals surface area contributed by atoms with Crippen molar-refractivity contribution in [3.8, 4) is 0 Å². The standard InChI is InChI=1S/C17H18ClI/c1-2-17(13-18,15-6-4-3-5-7-15)12-14-8-10-16(19)11-9-14/h3-11H,2,12-13H2,1H3. The van der Waals surface area contributed by atoms with Crippen LogP contribution in [0.3, 0.4) is 0 Å². The molecule has 0 aromatic heterocycles. The van der Waals surface area contributed by atoms with Gasteiger partial charge in [-0.05, 0) is 58.7 Å². The van der Waals surface area contributed by atoms with E-state index in [0.29, 0.717) is 5.88 Å². The van der Waals surface area contributed by atoms with Gasteiger partial charge in [0.25, 0.3) is 0 Å². The predicted molar refractivity (Wildman–Crippen MR) is 92.0 cm³/mol. The second-order valence-electron chi connectivity index (χ2n) is 4.94. The van der Waals surface area contributed by atoms with Crippen LogP contribution < -0.4 is 0 Å². The SMILES string of the molecule is CCC(CCl)(Cc1ccc(I)cc1)c1ccccc1. The van der Waals surface area contributed by atoms with Crippen molar-refractivity contribution in [3.05, 3.63) is 69.3 Å². The third kappa shape index (κ3) is 3.51. The Kier molecular flexibility index (Phi) is 5.28. The van der Waals surface area contributed by atoms with Crippen LogP contribution in [0.1, 0.15) is 24.5 Å². The predicted octanol–water partition coefficient (Wildman–Crippen LogP) is 5.42. The van der Waals surface area contributed by atoms with Crippen LogP contribution in [0.5, 0.6) is 0 Å². The van der Waals surface area contributed by atoms with Crippen molar-refractivity contribution in [1.82, 2.24) is 0 Å². The third-order valence-electron chi connectivity index (χ3n) is 3.77. The molecule has 0 aliphatic carbocycles. The first-order valence-electron chi connectivity index (χ1n) is 6.56. The topological polar surface area (TPSA) is 0 Å². The minimum absolute atomic E-state index is 0.0373. The van der Waals surface area contributed by atoms with Crippen LogP contribution in [-0.4, -0.2) is 5.88 Å². The molecule has 0 fully saturated rings. The van der Waals surface area contributed by atoms with Crippen LogP contribution in [0.2, 0.25) is 0 Å². The molecule has 1 atom stereocenters. The first-order chi connectivity index (χ1) is 9.20. The van der Waals surface area contributed by atoms with Crippen molar-refractivity contribution in [2.45, 2.75) is 25.2 Å². The van der Waals surface area contributed by atoms with Gasteiger partial charge in [0, 0.05) is 14.9 Å². The first-order valence-corrected chi connectivity index (χ1v) is 8.17. The summed E-state index contributed by atoms with van der Waals surface area (Å²) in [6.07, 6.45) is 2.04. The number of hydrogen-bond acceptors (Lipinski definition) is 0. The zero-order chi connectivity index (χ0) is 13.7. The molecule has 19 heavy (non-hydrogen) atoms. The van der Waals surface area contributed by atoms with Gasteiger partial charge in [-0.3, -0.25) is 0 Å². The third-order valence-corrected chi connectivity index (χ3v) is 5.01. The van der Waals surface area contributed by atoms with E-state index in [-0.39, 0.29) is 5.41 Å². The van der Waals surface area contributed by atoms with Gasteiger partial charge in [-0.2, -0.15) is 0 Å². The van der Waals surface area contributed by atoms with Crippen LogP contribution in [0.25, 0.3) is 0 Å². The van der Waals surface area contributed by atoms with Crippen LogP contribution in [0.4, 0.5) is 0 Å². The Labute approximate surface area is 134 Å². The lowest BCUT2D eigenvalue weighted by atomic mass is 9.75. The zero-order valence-corrected chi connectivity index (χ0v) is 14.0. The number of halogens is 2. The lowest BCUT2D eigenvalue weighted by molar-refractivity contribution is 0.458. The molecule has 0 amide bonds. The van der Waals surface area contributed by atoms with E-state index in [2.05, 4.69) is 84.1 Å². The van der Waals surface area contributed by atoms with Gasteiger partial charge < -0.3 is 0 Å². The van der Waals surface area contributed by atoms with Crippen molar-refractivity contribution in [2.75, 3.05) is 5.88 Å². The molecule has 2 aromatic carbocycles. The highest BCUT2D eigenvalue weighted by atomic mass is 127. The number of benzene rings is 2. The quantitative estimate of drug-likeness (QED) is 0.477. The summed E-state index contributed by atoms with van der Waals surface area (Å²) >= 11 is 8.68. The Morgan fingerprint density at radius 2 is 1.63 bits per heavy atom. The van der Waals surface area contributed by atoms with Crippen LogP contribution in [0.15, 0.2) is 54.6 Å². The fourth-order valence-corrected chi connectivity index (χ4v) is 3.23. The summed E-state index contributed by atoms with van der Waals surface area (Å²) in [5.41, 5.74) is 2.73. The van der Waals surface area contributed by atoms with Gasteiger partial charge in [0.05, 0.1) is 0 Å². The van der Waals surface area contributed by atoms with E-state index in [1.165, 1.54) is 14.7 Å². The molecule has 0 N–H and O–H groups in total. The highest BCUT2D eigenvalue weighted by molar-refractivity contribution is 14.1. The molecule has 1 unspecified atom stereocenters. The maximum absolute atomic E-state index is 6.34. The molecule has 0 heterocycles. The van der Waals surface area contributed by atoms with Crippen molar-refractivity contribution >= 4 is 34.2 Å². The molecular weight excluding hydrogens is 367 g/mol. The number of rotatable bonds is 5. The van der Waals surface area contributed by atoms with Gasteiger partial charge in [-0.15, -0.1) is 11.6 Å². The van der Waals surface area contributed by atoms with E-state index in [1.807, 2.05) is 0 Å². The molecule has 100 valence electrons. The Bertz CT molecular complexity index is 501. The highest BCUT2D eigenvalue weighted by Gasteiger charge is 2.29. The average molecular weight is 385 g/mol. The summed E-state index contributed by atoms with van der Waals surface area (Å²) in [6.45, 7) is 2.22. The molecule has 0 saturated carbocycles. The minimum Gasteiger partial charge on any atom is -0.126 e. The first kappa shape index (κ1) is 14.9. The zero-order valence-electron chi connectivity index (χ0n) is 11.1. The lowest BCUT2D eigenvalue weighted by Crippen LogP contribution is -2.30. The van der Waals surface area contributed by atoms with Gasteiger partial charge in [0.15, 0.2) is 0 Å². The second-order valence-corrected chi connectivity index (χ2v) is 6.45. The largest absolute Gasteiger partial charge is 0.126 e. The molecule has 2 heteroatoms. The van der Waals surface area contributed by atoms with Gasteiger partial charge in [0.2, 0.25) is 0 Å². The highest BCUT2D eigenvalue weighted by Crippen LogP contribution is 2.33. The van der Waals surface area contributed by atoms with Crippen molar-refractivity contribution < 1.29 is 0 Å². The summed E-state index contributed by atoms with van der Waals surface area (Å²) in [5, 5.41) is 0. The summed E-state index contributed by atoms with van der Waals surface area (Å²) in [5.74, 6) is 0.652. The van der Waals surface area contributed by atoms with Crippen LogP contribution in [-0.2, 0) is 11.8 Å². The van der Waals surface area contributed by atoms with Crippen molar-refractivity contribution in [3.63, 3.8) is 0 Å². The second kappa shape index (κ2) is 6.76. The maximum atomic E-state index is 6.34. The summed E-state index contributed by atoms with van der Waals surface area (Å²) in [7, 11) is 0. The molecular formula is C17H18ClI. The van der Waals surface area contributed by atoms with E-state index < -0.39 is 0 Å². The molecule has 2 aromatic rings. The number of alkyl halides is 1. The Balaban J connectivity index is 2.32. The molecule has 0 aliphatic heterocycles. The molecule has 0 aliphatic rings. The molecule has 0 saturated heterocycles. The smallest absolute Gasteiger partial charge is 0.0323 e. The molecule has 0 nitrogen and oxygen atoms in total. The van der Waals surface area contributed by atoms with E-state index in [1.54, 1.807) is 0 Å². The Hall–Kier alpha value is -0.540. The number of hydrogen-bond donors (Lipinski definition) is 0. The van der Waals surface area contributed by atoms with E-state index in [4.69, 9.17) is 11.6 Å². The fourth-order valence-electron chi connectivity index (χ4n) is 2.43. The van der Waals surface area contributed by atoms with Gasteiger partial charge in [-0.1, -0.05) is 49.4 Å². The van der Waals surface area contributed by atoms with E-state index in [0.717, 1.165) is 12.8 Å². The van der Waals surface area contributed by atoms with Crippen molar-refractivity contribution in [2.24, 2.45) is 0 Å². The Morgan fingerprint density at radius 3 is 2.16 bits per heavy atom. The Morgan fingerprint density at radius 1 is 1.00 bits per heavy atom. The molecule has 0 radical (unpaired) electrons. The van der Waals surface area contributed by atoms with Crippen LogP contribution >= 0.6 is 34.2 Å². The van der Waals surface area contributed by atoms with Gasteiger partial charge in [0.1, 0.15) is 0 Å². The molecule has 2 rings (SSSR count).